The summed E-state index contributed by atoms with van der Waals surface area (Å²) < 4.78 is 6.49. The third-order valence-corrected chi connectivity index (χ3v) is 5.05. The van der Waals surface area contributed by atoms with Crippen LogP contribution in [0.4, 0.5) is 0 Å². The number of nitrogens with one attached hydrogen (secondary N) is 1. The molecule has 0 amide bonds. The van der Waals surface area contributed by atoms with Crippen molar-refractivity contribution >= 4 is 21.6 Å². The molecule has 0 fully saturated rings. The van der Waals surface area contributed by atoms with Crippen LogP contribution in [0.2, 0.25) is 0 Å². The molecule has 0 unspecified atom stereocenters. The minimum absolute atomic E-state index is 0.00806. The average molecular weight is 417 g/mol. The molecule has 26 heavy (non-hydrogen) atoms. The number of phenols is 1. The van der Waals surface area contributed by atoms with Crippen LogP contribution < -0.4 is 10.1 Å². The molecule has 0 bridgehead atoms. The highest BCUT2D eigenvalue weighted by Crippen LogP contribution is 2.33. The van der Waals surface area contributed by atoms with Crippen LogP contribution in [0.25, 0.3) is 0 Å². The van der Waals surface area contributed by atoms with Gasteiger partial charge in [-0.2, -0.15) is 0 Å². The molecule has 0 aromatic heterocycles. The molecule has 0 saturated carbocycles. The predicted octanol–water partition coefficient (Wildman–Crippen LogP) is 5.06. The van der Waals surface area contributed by atoms with Crippen molar-refractivity contribution in [3.63, 3.8) is 0 Å². The summed E-state index contributed by atoms with van der Waals surface area (Å²) in [4.78, 5) is 4.93. The Bertz CT molecular complexity index is 787. The summed E-state index contributed by atoms with van der Waals surface area (Å²) in [5, 5.41) is 13.9. The number of benzene rings is 2. The molecule has 1 aliphatic rings. The van der Waals surface area contributed by atoms with Crippen molar-refractivity contribution in [2.45, 2.75) is 39.4 Å². The Morgan fingerprint density at radius 1 is 1.23 bits per heavy atom. The van der Waals surface area contributed by atoms with Crippen molar-refractivity contribution in [1.82, 2.24) is 5.32 Å². The third-order valence-electron chi connectivity index (χ3n) is 4.56. The Morgan fingerprint density at radius 3 is 2.62 bits per heavy atom. The fraction of sp³-hybridized carbons (Fsp3) is 0.381. The van der Waals surface area contributed by atoms with Crippen molar-refractivity contribution < 1.29 is 9.84 Å². The zero-order valence-corrected chi connectivity index (χ0v) is 17.0. The first kappa shape index (κ1) is 18.9. The van der Waals surface area contributed by atoms with Crippen molar-refractivity contribution in [3.05, 3.63) is 58.1 Å². The van der Waals surface area contributed by atoms with Crippen LogP contribution in [-0.2, 0) is 0 Å². The van der Waals surface area contributed by atoms with Gasteiger partial charge in [0.2, 0.25) is 0 Å². The lowest BCUT2D eigenvalue weighted by Gasteiger charge is -2.32. The van der Waals surface area contributed by atoms with Crippen LogP contribution in [-0.4, -0.2) is 23.6 Å². The summed E-state index contributed by atoms with van der Waals surface area (Å²) in [6.07, 6.45) is 0.731. The lowest BCUT2D eigenvalue weighted by Crippen LogP contribution is -2.41. The van der Waals surface area contributed by atoms with Gasteiger partial charge in [-0.1, -0.05) is 29.8 Å². The summed E-state index contributed by atoms with van der Waals surface area (Å²) in [6.45, 7) is 6.94. The van der Waals surface area contributed by atoms with Gasteiger partial charge >= 0.3 is 0 Å². The number of aliphatic imine (C=N–C) groups is 1. The quantitative estimate of drug-likeness (QED) is 0.715. The van der Waals surface area contributed by atoms with Gasteiger partial charge in [0.1, 0.15) is 17.7 Å². The maximum Gasteiger partial charge on any atom is 0.120 e. The molecule has 4 nitrogen and oxygen atoms in total. The normalized spacial score (nSPS) is 20.1. The van der Waals surface area contributed by atoms with Gasteiger partial charge in [-0.05, 0) is 60.9 Å². The number of hydrogen-bond acceptors (Lipinski definition) is 4. The summed E-state index contributed by atoms with van der Waals surface area (Å²) in [5.41, 5.74) is 3.04. The first-order valence-electron chi connectivity index (χ1n) is 9.02. The largest absolute Gasteiger partial charge is 0.508 e. The first-order chi connectivity index (χ1) is 12.5. The van der Waals surface area contributed by atoms with E-state index in [1.54, 1.807) is 6.07 Å². The second-order valence-electron chi connectivity index (χ2n) is 6.85. The second-order valence-corrected chi connectivity index (χ2v) is 7.76. The number of ether oxygens (including phenoxy) is 1. The number of hydrogen-bond donors (Lipinski definition) is 2. The number of phenolic OH excluding ortho intramolecular Hbond substituents is 1. The second kappa shape index (κ2) is 8.23. The summed E-state index contributed by atoms with van der Waals surface area (Å²) in [5.74, 6) is 1.53. The third kappa shape index (κ3) is 4.27. The minimum Gasteiger partial charge on any atom is -0.508 e. The SMILES string of the molecule is CCOc1ccc(C2=N[C@@H](C(C)C)N[C@H](c3cc(Br)ccc3O)C2)cc1. The monoisotopic (exact) mass is 416 g/mol. The zero-order valence-electron chi connectivity index (χ0n) is 15.4. The lowest BCUT2D eigenvalue weighted by molar-refractivity contribution is 0.340. The van der Waals surface area contributed by atoms with Gasteiger partial charge < -0.3 is 9.84 Å². The van der Waals surface area contributed by atoms with Crippen molar-refractivity contribution in [1.29, 1.82) is 0 Å². The van der Waals surface area contributed by atoms with Crippen LogP contribution in [0, 0.1) is 5.92 Å². The van der Waals surface area contributed by atoms with Gasteiger partial charge in [-0.15, -0.1) is 0 Å². The van der Waals surface area contributed by atoms with Gasteiger partial charge in [-0.3, -0.25) is 10.3 Å². The van der Waals surface area contributed by atoms with E-state index in [9.17, 15) is 5.11 Å². The standard InChI is InChI=1S/C21H25BrN2O2/c1-4-26-16-8-5-14(6-9-16)18-12-19(24-21(23-18)13(2)3)17-11-15(22)7-10-20(17)25/h5-11,13,19,21,24-25H,4,12H2,1-3H3/t19-,21+/m0/s1. The van der Waals surface area contributed by atoms with Crippen LogP contribution in [0.3, 0.4) is 0 Å². The molecule has 138 valence electrons. The Hall–Kier alpha value is -1.85. The van der Waals surface area contributed by atoms with Gasteiger partial charge in [0.25, 0.3) is 0 Å². The molecule has 0 radical (unpaired) electrons. The van der Waals surface area contributed by atoms with E-state index >= 15 is 0 Å². The molecule has 3 rings (SSSR count). The van der Waals surface area contributed by atoms with Crippen molar-refractivity contribution in [2.24, 2.45) is 10.9 Å². The molecule has 2 atom stereocenters. The van der Waals surface area contributed by atoms with Crippen molar-refractivity contribution in [3.8, 4) is 11.5 Å². The van der Waals surface area contributed by atoms with Gasteiger partial charge in [0.15, 0.2) is 0 Å². The number of halogens is 1. The molecule has 0 spiro atoms. The Morgan fingerprint density at radius 2 is 1.96 bits per heavy atom. The average Bonchev–Trinajstić information content (AvgIpc) is 2.64. The van der Waals surface area contributed by atoms with E-state index in [0.717, 1.165) is 33.5 Å². The highest BCUT2D eigenvalue weighted by atomic mass is 79.9. The lowest BCUT2D eigenvalue weighted by atomic mass is 9.93. The predicted molar refractivity (Wildman–Crippen MR) is 109 cm³/mol. The van der Waals surface area contributed by atoms with Crippen LogP contribution in [0.15, 0.2) is 51.9 Å². The summed E-state index contributed by atoms with van der Waals surface area (Å²) >= 11 is 3.51. The summed E-state index contributed by atoms with van der Waals surface area (Å²) in [7, 11) is 0. The van der Waals surface area contributed by atoms with Crippen LogP contribution in [0.5, 0.6) is 11.5 Å². The van der Waals surface area contributed by atoms with Crippen molar-refractivity contribution in [2.75, 3.05) is 6.61 Å². The van der Waals surface area contributed by atoms with E-state index in [1.165, 1.54) is 0 Å². The van der Waals surface area contributed by atoms with E-state index < -0.39 is 0 Å². The van der Waals surface area contributed by atoms with Gasteiger partial charge in [0.05, 0.1) is 6.61 Å². The molecular formula is C21H25BrN2O2. The fourth-order valence-electron chi connectivity index (χ4n) is 3.16. The smallest absolute Gasteiger partial charge is 0.120 e. The zero-order chi connectivity index (χ0) is 18.7. The Kier molecular flexibility index (Phi) is 5.99. The number of rotatable bonds is 5. The minimum atomic E-state index is 0.00806. The number of nitrogens with zero attached hydrogens (tertiary/aromatic N) is 1. The topological polar surface area (TPSA) is 53.8 Å². The number of aromatic hydroxyl groups is 1. The Labute approximate surface area is 163 Å². The molecule has 0 aliphatic carbocycles. The molecule has 2 N–H and O–H groups in total. The van der Waals surface area contributed by atoms with E-state index in [4.69, 9.17) is 9.73 Å². The van der Waals surface area contributed by atoms with Gasteiger partial charge in [-0.25, -0.2) is 0 Å². The molecule has 1 aliphatic heterocycles. The van der Waals surface area contributed by atoms with E-state index in [-0.39, 0.29) is 12.2 Å². The fourth-order valence-corrected chi connectivity index (χ4v) is 3.54. The van der Waals surface area contributed by atoms with E-state index in [2.05, 4.69) is 47.2 Å². The maximum atomic E-state index is 10.3. The summed E-state index contributed by atoms with van der Waals surface area (Å²) in [6, 6.07) is 13.7. The molecule has 2 aromatic rings. The highest BCUT2D eigenvalue weighted by Gasteiger charge is 2.28. The van der Waals surface area contributed by atoms with Crippen LogP contribution in [0.1, 0.15) is 44.4 Å². The molecular weight excluding hydrogens is 392 g/mol. The molecule has 5 heteroatoms. The maximum absolute atomic E-state index is 10.3. The van der Waals surface area contributed by atoms with Crippen LogP contribution >= 0.6 is 15.9 Å². The highest BCUT2D eigenvalue weighted by molar-refractivity contribution is 9.10. The molecule has 2 aromatic carbocycles. The molecule has 1 heterocycles. The van der Waals surface area contributed by atoms with E-state index in [1.807, 2.05) is 31.2 Å². The Balaban J connectivity index is 1.92. The van der Waals surface area contributed by atoms with E-state index in [0.29, 0.717) is 18.3 Å². The first-order valence-corrected chi connectivity index (χ1v) is 9.81. The molecule has 0 saturated heterocycles. The van der Waals surface area contributed by atoms with Gasteiger partial charge in [0, 0.05) is 28.2 Å².